The Morgan fingerprint density at radius 3 is 2.42 bits per heavy atom. The van der Waals surface area contributed by atoms with E-state index in [9.17, 15) is 18.0 Å². The van der Waals surface area contributed by atoms with Crippen molar-refractivity contribution in [3.63, 3.8) is 0 Å². The molecule has 0 spiro atoms. The number of thioether (sulfide) groups is 1. The van der Waals surface area contributed by atoms with E-state index < -0.39 is 12.8 Å². The Bertz CT molecular complexity index is 685. The van der Waals surface area contributed by atoms with E-state index in [-0.39, 0.29) is 0 Å². The van der Waals surface area contributed by atoms with Crippen LogP contribution in [-0.4, -0.2) is 25.7 Å². The van der Waals surface area contributed by atoms with Gasteiger partial charge in [0.25, 0.3) is 0 Å². The van der Waals surface area contributed by atoms with Gasteiger partial charge in [-0.3, -0.25) is 0 Å². The van der Waals surface area contributed by atoms with Gasteiger partial charge in [0, 0.05) is 10.6 Å². The maximum Gasteiger partial charge on any atom is 0.513 e. The van der Waals surface area contributed by atoms with Gasteiger partial charge in [0.15, 0.2) is 0 Å². The van der Waals surface area contributed by atoms with Gasteiger partial charge < -0.3 is 9.47 Å². The summed E-state index contributed by atoms with van der Waals surface area (Å²) in [6.07, 6.45) is 1.80. The third-order valence-electron chi connectivity index (χ3n) is 3.55. The molecule has 1 fully saturated rings. The molecule has 0 amide bonds. The van der Waals surface area contributed by atoms with Gasteiger partial charge >= 0.3 is 12.8 Å². The average Bonchev–Trinajstić information content (AvgIpc) is 3.09. The summed E-state index contributed by atoms with van der Waals surface area (Å²) in [5.41, 5.74) is 1.33. The highest BCUT2D eigenvalue weighted by Crippen LogP contribution is 2.44. The lowest BCUT2D eigenvalue weighted by atomic mass is 9.99. The number of hydrogen-bond donors (Lipinski definition) is 0. The molecule has 3 nitrogen and oxygen atoms in total. The van der Waals surface area contributed by atoms with Crippen molar-refractivity contribution in [3.05, 3.63) is 42.0 Å². The van der Waals surface area contributed by atoms with Crippen molar-refractivity contribution in [2.75, 3.05) is 12.9 Å². The molecule has 1 heterocycles. The maximum absolute atomic E-state index is 11.3. The number of methoxy groups -OCH3 is 1. The lowest BCUT2D eigenvalue weighted by molar-refractivity contribution is 0.00818. The highest BCUT2D eigenvalue weighted by Gasteiger charge is 2.21. The van der Waals surface area contributed by atoms with Crippen LogP contribution < -0.4 is 4.74 Å². The van der Waals surface area contributed by atoms with E-state index in [0.29, 0.717) is 11.0 Å². The predicted octanol–water partition coefficient (Wildman–Crippen LogP) is 5.73. The van der Waals surface area contributed by atoms with E-state index >= 15 is 0 Å². The number of ether oxygens (including phenoxy) is 2. The number of benzene rings is 2. The van der Waals surface area contributed by atoms with E-state index in [2.05, 4.69) is 16.9 Å². The van der Waals surface area contributed by atoms with Crippen LogP contribution in [0.2, 0.25) is 0 Å². The van der Waals surface area contributed by atoms with Crippen LogP contribution in [0.1, 0.15) is 23.7 Å². The lowest BCUT2D eigenvalue weighted by Gasteiger charge is -2.14. The fraction of sp³-hybridized carbons (Fsp3) is 0.353. The van der Waals surface area contributed by atoms with Gasteiger partial charge in [-0.2, -0.15) is 24.9 Å². The van der Waals surface area contributed by atoms with Crippen molar-refractivity contribution in [1.82, 2.24) is 0 Å². The Kier molecular flexibility index (Phi) is 6.78. The second-order valence-electron chi connectivity index (χ2n) is 5.00. The van der Waals surface area contributed by atoms with Crippen molar-refractivity contribution in [2.24, 2.45) is 0 Å². The van der Waals surface area contributed by atoms with Gasteiger partial charge in [0.05, 0.1) is 7.11 Å². The normalized spacial score (nSPS) is 16.6. The fourth-order valence-corrected chi connectivity index (χ4v) is 3.96. The maximum atomic E-state index is 11.3. The van der Waals surface area contributed by atoms with Gasteiger partial charge in [-0.05, 0) is 35.6 Å². The summed E-state index contributed by atoms with van der Waals surface area (Å²) in [4.78, 5) is 11.3. The molecule has 0 radical (unpaired) electrons. The molecule has 0 bridgehead atoms. The number of alkyl halides is 3. The van der Waals surface area contributed by atoms with Crippen LogP contribution >= 0.6 is 11.8 Å². The number of hydrogen-bond acceptors (Lipinski definition) is 4. The summed E-state index contributed by atoms with van der Waals surface area (Å²) in [5, 5.41) is 2.67. The zero-order chi connectivity index (χ0) is 17.5. The topological polar surface area (TPSA) is 35.5 Å². The third-order valence-corrected chi connectivity index (χ3v) is 4.97. The molecule has 0 aromatic heterocycles. The molecule has 2 aromatic carbocycles. The van der Waals surface area contributed by atoms with E-state index in [1.807, 2.05) is 36.0 Å². The van der Waals surface area contributed by atoms with Gasteiger partial charge in [0.2, 0.25) is 0 Å². The molecule has 0 N–H and O–H groups in total. The van der Waals surface area contributed by atoms with Crippen LogP contribution in [0.4, 0.5) is 18.0 Å². The highest BCUT2D eigenvalue weighted by atomic mass is 32.2. The number of carbonyl (C=O) groups is 1. The van der Waals surface area contributed by atoms with Crippen molar-refractivity contribution in [1.29, 1.82) is 0 Å². The van der Waals surface area contributed by atoms with E-state index in [1.54, 1.807) is 0 Å². The van der Waals surface area contributed by atoms with Crippen LogP contribution in [0.15, 0.2) is 36.4 Å². The quantitative estimate of drug-likeness (QED) is 0.507. The van der Waals surface area contributed by atoms with Crippen LogP contribution in [0.25, 0.3) is 10.8 Å². The van der Waals surface area contributed by atoms with Crippen LogP contribution in [-0.2, 0) is 4.74 Å². The van der Waals surface area contributed by atoms with E-state index in [0.717, 1.165) is 10.8 Å². The number of carbonyl (C=O) groups excluding carboxylic acids is 1. The molecule has 0 saturated carbocycles. The highest BCUT2D eigenvalue weighted by molar-refractivity contribution is 7.99. The minimum atomic E-state index is -3.67. The molecule has 24 heavy (non-hydrogen) atoms. The molecule has 1 atom stereocenters. The molecule has 2 aromatic rings. The lowest BCUT2D eigenvalue weighted by Crippen LogP contribution is -2.07. The second-order valence-corrected chi connectivity index (χ2v) is 6.31. The number of fused-ring (bicyclic) bond motifs is 1. The number of rotatable bonds is 2. The molecule has 7 heteroatoms. The smallest absolute Gasteiger partial charge is 0.437 e. The molecule has 1 aliphatic rings. The Hall–Kier alpha value is -1.89. The van der Waals surface area contributed by atoms with Crippen molar-refractivity contribution < 1.29 is 27.4 Å². The fourth-order valence-electron chi connectivity index (χ4n) is 2.62. The second kappa shape index (κ2) is 8.82. The molecule has 1 aliphatic heterocycles. The molecule has 1 saturated heterocycles. The van der Waals surface area contributed by atoms with Gasteiger partial charge in [-0.1, -0.05) is 30.3 Å². The summed E-state index contributed by atoms with van der Waals surface area (Å²) in [6.45, 7) is -3.67. The molecule has 130 valence electrons. The standard InChI is InChI=1S/C16H16O3S.CHF3/c1-18-16(17)19-14-9-8-13(15-7-4-10-20-15)11-5-2-3-6-12(11)14;2-1(3)4/h2-3,5-6,8-9,15H,4,7,10H2,1H3;1H. The molecular formula is C17H17F3O3S. The predicted molar refractivity (Wildman–Crippen MR) is 88.5 cm³/mol. The van der Waals surface area contributed by atoms with Crippen LogP contribution in [0.3, 0.4) is 0 Å². The zero-order valence-corrected chi connectivity index (χ0v) is 13.8. The SMILES string of the molecule is COC(=O)Oc1ccc(C2CCCS2)c2ccccc12.FC(F)F. The van der Waals surface area contributed by atoms with Crippen LogP contribution in [0, 0.1) is 0 Å². The Morgan fingerprint density at radius 1 is 1.17 bits per heavy atom. The molecule has 3 rings (SSSR count). The van der Waals surface area contributed by atoms with E-state index in [4.69, 9.17) is 4.74 Å². The first-order valence-electron chi connectivity index (χ1n) is 7.34. The minimum Gasteiger partial charge on any atom is -0.437 e. The summed E-state index contributed by atoms with van der Waals surface area (Å²) >= 11 is 2.00. The van der Waals surface area contributed by atoms with E-state index in [1.165, 1.54) is 31.3 Å². The van der Waals surface area contributed by atoms with Crippen molar-refractivity contribution >= 4 is 28.7 Å². The van der Waals surface area contributed by atoms with Gasteiger partial charge in [0.1, 0.15) is 5.75 Å². The van der Waals surface area contributed by atoms with Crippen LogP contribution in [0.5, 0.6) is 5.75 Å². The first kappa shape index (κ1) is 18.4. The summed E-state index contributed by atoms with van der Waals surface area (Å²) in [7, 11) is 1.31. The third kappa shape index (κ3) is 4.80. The van der Waals surface area contributed by atoms with Crippen molar-refractivity contribution in [3.8, 4) is 5.75 Å². The van der Waals surface area contributed by atoms with Crippen molar-refractivity contribution in [2.45, 2.75) is 24.8 Å². The summed E-state index contributed by atoms with van der Waals surface area (Å²) < 4.78 is 38.8. The summed E-state index contributed by atoms with van der Waals surface area (Å²) in [6, 6.07) is 12.0. The first-order valence-corrected chi connectivity index (χ1v) is 8.39. The summed E-state index contributed by atoms with van der Waals surface area (Å²) in [5.74, 6) is 1.78. The largest absolute Gasteiger partial charge is 0.513 e. The molecule has 0 aliphatic carbocycles. The van der Waals surface area contributed by atoms with Gasteiger partial charge in [-0.15, -0.1) is 0 Å². The molecule has 1 unspecified atom stereocenters. The Morgan fingerprint density at radius 2 is 1.83 bits per heavy atom. The minimum absolute atomic E-state index is 0.548. The zero-order valence-electron chi connectivity index (χ0n) is 13.0. The Labute approximate surface area is 142 Å². The van der Waals surface area contributed by atoms with Gasteiger partial charge in [-0.25, -0.2) is 4.79 Å². The monoisotopic (exact) mass is 358 g/mol. The number of halogens is 3. The Balaban J connectivity index is 0.000000471. The average molecular weight is 358 g/mol. The molecular weight excluding hydrogens is 341 g/mol. The first-order chi connectivity index (χ1) is 11.5.